The Morgan fingerprint density at radius 2 is 1.48 bits per heavy atom. The number of benzene rings is 2. The fourth-order valence-electron chi connectivity index (χ4n) is 4.25. The molecule has 0 aliphatic carbocycles. The van der Waals surface area contributed by atoms with Crippen LogP contribution in [0.5, 0.6) is 5.75 Å². The molecule has 2 aromatic carbocycles. The van der Waals surface area contributed by atoms with Gasteiger partial charge in [0, 0.05) is 5.39 Å². The first-order valence-electron chi connectivity index (χ1n) is 9.79. The van der Waals surface area contributed by atoms with E-state index in [4.69, 9.17) is 28.4 Å². The van der Waals surface area contributed by atoms with Crippen LogP contribution < -0.4 is 4.74 Å². The lowest BCUT2D eigenvalue weighted by atomic mass is 9.99. The Kier molecular flexibility index (Phi) is 4.24. The number of hydrogen-bond acceptors (Lipinski definition) is 7. The average Bonchev–Trinajstić information content (AvgIpc) is 3.15. The number of rotatable bonds is 2. The molecule has 0 aromatic heterocycles. The Labute approximate surface area is 168 Å². The van der Waals surface area contributed by atoms with Gasteiger partial charge < -0.3 is 28.4 Å². The summed E-state index contributed by atoms with van der Waals surface area (Å²) in [6.45, 7) is 7.20. The summed E-state index contributed by atoms with van der Waals surface area (Å²) in [5, 5.41) is 1.83. The van der Waals surface area contributed by atoms with Gasteiger partial charge in [-0.15, -0.1) is 0 Å². The molecule has 5 rings (SSSR count). The lowest BCUT2D eigenvalue weighted by Gasteiger charge is -2.35. The van der Waals surface area contributed by atoms with Gasteiger partial charge in [0.05, 0.1) is 0 Å². The summed E-state index contributed by atoms with van der Waals surface area (Å²) in [7, 11) is 0. The predicted molar refractivity (Wildman–Crippen MR) is 102 cm³/mol. The van der Waals surface area contributed by atoms with Gasteiger partial charge in [-0.1, -0.05) is 36.4 Å². The largest absolute Gasteiger partial charge is 0.424 e. The minimum Gasteiger partial charge on any atom is -0.424 e. The third-order valence-corrected chi connectivity index (χ3v) is 5.35. The number of hydrogen-bond donors (Lipinski definition) is 0. The van der Waals surface area contributed by atoms with E-state index in [0.29, 0.717) is 5.75 Å². The highest BCUT2D eigenvalue weighted by atomic mass is 16.9. The molecular formula is C22H24O7. The van der Waals surface area contributed by atoms with Crippen LogP contribution in [0.25, 0.3) is 10.8 Å². The van der Waals surface area contributed by atoms with Crippen LogP contribution in [-0.4, -0.2) is 48.2 Å². The number of ether oxygens (including phenoxy) is 6. The Balaban J connectivity index is 1.44. The van der Waals surface area contributed by atoms with Crippen LogP contribution in [0.3, 0.4) is 0 Å². The van der Waals surface area contributed by atoms with E-state index in [2.05, 4.69) is 0 Å². The van der Waals surface area contributed by atoms with Crippen molar-refractivity contribution in [3.63, 3.8) is 0 Å². The smallest absolute Gasteiger partial charge is 0.343 e. The van der Waals surface area contributed by atoms with Crippen molar-refractivity contribution in [1.82, 2.24) is 0 Å². The number of fused-ring (bicyclic) bond motifs is 4. The minimum atomic E-state index is -1.00. The lowest BCUT2D eigenvalue weighted by Crippen LogP contribution is -2.58. The van der Waals surface area contributed by atoms with Crippen LogP contribution in [-0.2, 0) is 28.5 Å². The Bertz CT molecular complexity index is 948. The molecule has 3 heterocycles. The molecule has 0 radical (unpaired) electrons. The molecule has 29 heavy (non-hydrogen) atoms. The lowest BCUT2D eigenvalue weighted by molar-refractivity contribution is -0.236. The molecule has 154 valence electrons. The monoisotopic (exact) mass is 400 g/mol. The molecule has 3 saturated heterocycles. The second kappa shape index (κ2) is 6.48. The van der Waals surface area contributed by atoms with E-state index in [1.165, 1.54) is 0 Å². The zero-order valence-corrected chi connectivity index (χ0v) is 16.8. The maximum absolute atomic E-state index is 13.1. The first-order valence-corrected chi connectivity index (χ1v) is 9.79. The van der Waals surface area contributed by atoms with Gasteiger partial charge in [-0.2, -0.15) is 0 Å². The molecule has 0 N–H and O–H groups in total. The molecule has 3 aliphatic heterocycles. The third kappa shape index (κ3) is 3.33. The number of esters is 1. The molecule has 0 spiro atoms. The van der Waals surface area contributed by atoms with Crippen LogP contribution in [0.1, 0.15) is 27.7 Å². The van der Waals surface area contributed by atoms with E-state index in [1.807, 2.05) is 36.4 Å². The molecule has 7 heteroatoms. The topological polar surface area (TPSA) is 72.5 Å². The van der Waals surface area contributed by atoms with Crippen LogP contribution in [0.15, 0.2) is 42.5 Å². The first-order chi connectivity index (χ1) is 13.7. The third-order valence-electron chi connectivity index (χ3n) is 5.35. The summed E-state index contributed by atoms with van der Waals surface area (Å²) in [4.78, 5) is 13.1. The molecule has 0 bridgehead atoms. The second-order valence-corrected chi connectivity index (χ2v) is 8.49. The van der Waals surface area contributed by atoms with Crippen molar-refractivity contribution in [2.24, 2.45) is 0 Å². The van der Waals surface area contributed by atoms with Gasteiger partial charge in [-0.25, -0.2) is 4.79 Å². The summed E-state index contributed by atoms with van der Waals surface area (Å²) in [6.07, 6.45) is -3.39. The van der Waals surface area contributed by atoms with Crippen molar-refractivity contribution < 1.29 is 33.2 Å². The SMILES string of the molecule is CC1(C)O[C@@H]2O[C@H](C(=O)Oc3cccc4ccccc34)[C@H]3OC(C)(C)O[C@H]3[C@@H]2O1. The maximum Gasteiger partial charge on any atom is 0.343 e. The summed E-state index contributed by atoms with van der Waals surface area (Å²) in [5.41, 5.74) is 0. The molecular weight excluding hydrogens is 376 g/mol. The zero-order chi connectivity index (χ0) is 20.4. The summed E-state index contributed by atoms with van der Waals surface area (Å²) >= 11 is 0. The average molecular weight is 400 g/mol. The van der Waals surface area contributed by atoms with E-state index < -0.39 is 48.2 Å². The first kappa shape index (κ1) is 19.0. The Hall–Kier alpha value is -2.03. The Morgan fingerprint density at radius 3 is 2.31 bits per heavy atom. The van der Waals surface area contributed by atoms with Gasteiger partial charge in [0.1, 0.15) is 24.1 Å². The molecule has 5 atom stereocenters. The summed E-state index contributed by atoms with van der Waals surface area (Å²) in [5.74, 6) is -1.80. The quantitative estimate of drug-likeness (QED) is 0.566. The van der Waals surface area contributed by atoms with E-state index in [1.54, 1.807) is 33.8 Å². The predicted octanol–water partition coefficient (Wildman–Crippen LogP) is 3.14. The fourth-order valence-corrected chi connectivity index (χ4v) is 4.25. The van der Waals surface area contributed by atoms with Gasteiger partial charge in [0.25, 0.3) is 0 Å². The van der Waals surface area contributed by atoms with Crippen LogP contribution >= 0.6 is 0 Å². The number of carbonyl (C=O) groups excluding carboxylic acids is 1. The Morgan fingerprint density at radius 1 is 0.828 bits per heavy atom. The standard InChI is InChI=1S/C22H24O7/c1-21(2)26-15-16(27-21)18-20(29-22(3,4)28-18)25-17(15)19(23)24-14-11-7-9-12-8-5-6-10-13(12)14/h5-11,15-18,20H,1-4H3/t15-,16+,17-,18-,20-/m0/s1. The molecule has 2 aromatic rings. The van der Waals surface area contributed by atoms with Crippen LogP contribution in [0.2, 0.25) is 0 Å². The highest BCUT2D eigenvalue weighted by Gasteiger charge is 2.62. The van der Waals surface area contributed by atoms with Crippen molar-refractivity contribution >= 4 is 16.7 Å². The zero-order valence-electron chi connectivity index (χ0n) is 16.8. The van der Waals surface area contributed by atoms with Gasteiger partial charge in [-0.3, -0.25) is 0 Å². The highest BCUT2D eigenvalue weighted by Crippen LogP contribution is 2.44. The van der Waals surface area contributed by atoms with E-state index in [-0.39, 0.29) is 0 Å². The normalized spacial score (nSPS) is 34.6. The van der Waals surface area contributed by atoms with Crippen LogP contribution in [0, 0.1) is 0 Å². The van der Waals surface area contributed by atoms with E-state index in [0.717, 1.165) is 10.8 Å². The van der Waals surface area contributed by atoms with Crippen molar-refractivity contribution in [3.05, 3.63) is 42.5 Å². The van der Waals surface area contributed by atoms with Gasteiger partial charge in [-0.05, 0) is 39.1 Å². The second-order valence-electron chi connectivity index (χ2n) is 8.49. The van der Waals surface area contributed by atoms with E-state index in [9.17, 15) is 4.79 Å². The molecule has 3 aliphatic rings. The van der Waals surface area contributed by atoms with Gasteiger partial charge in [0.2, 0.25) is 0 Å². The molecule has 0 unspecified atom stereocenters. The van der Waals surface area contributed by atoms with Crippen molar-refractivity contribution in [1.29, 1.82) is 0 Å². The summed E-state index contributed by atoms with van der Waals surface area (Å²) < 4.78 is 35.6. The van der Waals surface area contributed by atoms with E-state index >= 15 is 0 Å². The molecule has 0 saturated carbocycles. The minimum absolute atomic E-state index is 0.470. The molecule has 0 amide bonds. The van der Waals surface area contributed by atoms with Gasteiger partial charge >= 0.3 is 5.97 Å². The fraction of sp³-hybridized carbons (Fsp3) is 0.500. The van der Waals surface area contributed by atoms with Crippen molar-refractivity contribution in [2.75, 3.05) is 0 Å². The molecule has 7 nitrogen and oxygen atoms in total. The number of carbonyl (C=O) groups is 1. The van der Waals surface area contributed by atoms with Gasteiger partial charge in [0.15, 0.2) is 24.0 Å². The van der Waals surface area contributed by atoms with Crippen molar-refractivity contribution in [2.45, 2.75) is 70.0 Å². The van der Waals surface area contributed by atoms with Crippen LogP contribution in [0.4, 0.5) is 0 Å². The summed E-state index contributed by atoms with van der Waals surface area (Å²) in [6, 6.07) is 13.3. The van der Waals surface area contributed by atoms with Crippen molar-refractivity contribution in [3.8, 4) is 5.75 Å². The highest BCUT2D eigenvalue weighted by molar-refractivity contribution is 5.91. The maximum atomic E-state index is 13.1. The molecule has 3 fully saturated rings.